The molecule has 0 fully saturated rings. The number of aryl methyl sites for hydroxylation is 1. The van der Waals surface area contributed by atoms with Gasteiger partial charge in [-0.3, -0.25) is 5.43 Å². The molecule has 110 valence electrons. The molecule has 0 aliphatic rings. The van der Waals surface area contributed by atoms with Crippen molar-refractivity contribution in [2.45, 2.75) is 20.0 Å². The third kappa shape index (κ3) is 5.34. The smallest absolute Gasteiger partial charge is 0.331 e. The Balaban J connectivity index is 2.54. The molecule has 0 aliphatic carbocycles. The van der Waals surface area contributed by atoms with E-state index in [-0.39, 0.29) is 5.11 Å². The predicted octanol–water partition coefficient (Wildman–Crippen LogP) is 4.12. The molecule has 0 spiro atoms. The molecule has 1 unspecified atom stereocenters. The highest BCUT2D eigenvalue weighted by Gasteiger charge is 2.34. The second kappa shape index (κ2) is 6.90. The van der Waals surface area contributed by atoms with E-state index in [2.05, 4.69) is 15.8 Å². The summed E-state index contributed by atoms with van der Waals surface area (Å²) >= 11 is 10.7. The van der Waals surface area contributed by atoms with Gasteiger partial charge in [0.2, 0.25) is 0 Å². The number of alkyl halides is 3. The highest BCUT2D eigenvalue weighted by molar-refractivity contribution is 7.80. The second-order valence-corrected chi connectivity index (χ2v) is 4.98. The van der Waals surface area contributed by atoms with Crippen LogP contribution < -0.4 is 10.7 Å². The van der Waals surface area contributed by atoms with Gasteiger partial charge in [-0.05, 0) is 49.8 Å². The molecule has 3 nitrogen and oxygen atoms in total. The van der Waals surface area contributed by atoms with Gasteiger partial charge in [0.1, 0.15) is 0 Å². The summed E-state index contributed by atoms with van der Waals surface area (Å²) in [6.07, 6.45) is -3.56. The SMILES string of the molecule is Cc1cc(Cl)ccc1NC(=S)N/N=C/C(C)C(F)(F)F. The fraction of sp³-hybridized carbons (Fsp3) is 0.333. The molecular formula is C12H13ClF3N3S. The van der Waals surface area contributed by atoms with Crippen LogP contribution >= 0.6 is 23.8 Å². The lowest BCUT2D eigenvalue weighted by Gasteiger charge is -2.12. The van der Waals surface area contributed by atoms with Crippen LogP contribution in [-0.4, -0.2) is 17.5 Å². The van der Waals surface area contributed by atoms with Crippen LogP contribution in [0, 0.1) is 12.8 Å². The first kappa shape index (κ1) is 16.7. The molecule has 0 aromatic heterocycles. The van der Waals surface area contributed by atoms with Crippen LogP contribution in [0.3, 0.4) is 0 Å². The van der Waals surface area contributed by atoms with Crippen molar-refractivity contribution in [2.24, 2.45) is 11.0 Å². The normalized spacial score (nSPS) is 13.3. The molecule has 0 aliphatic heterocycles. The number of rotatable bonds is 3. The van der Waals surface area contributed by atoms with Gasteiger partial charge >= 0.3 is 6.18 Å². The molecule has 20 heavy (non-hydrogen) atoms. The van der Waals surface area contributed by atoms with E-state index >= 15 is 0 Å². The molecule has 0 saturated heterocycles. The van der Waals surface area contributed by atoms with Crippen molar-refractivity contribution in [3.63, 3.8) is 0 Å². The van der Waals surface area contributed by atoms with Crippen molar-refractivity contribution in [3.8, 4) is 0 Å². The number of halogens is 4. The Bertz CT molecular complexity index is 517. The maximum absolute atomic E-state index is 12.2. The van der Waals surface area contributed by atoms with Crippen molar-refractivity contribution >= 4 is 40.8 Å². The predicted molar refractivity (Wildman–Crippen MR) is 79.3 cm³/mol. The molecule has 0 amide bonds. The minimum absolute atomic E-state index is 0.0982. The standard InChI is InChI=1S/C12H13ClF3N3S/c1-7-5-9(13)3-4-10(7)18-11(20)19-17-6-8(2)12(14,15)16/h3-6,8H,1-2H3,(H2,18,19,20)/b17-6+. The number of hydrogen-bond acceptors (Lipinski definition) is 2. The van der Waals surface area contributed by atoms with Crippen molar-refractivity contribution in [3.05, 3.63) is 28.8 Å². The number of anilines is 1. The summed E-state index contributed by atoms with van der Waals surface area (Å²) in [6, 6.07) is 5.13. The summed E-state index contributed by atoms with van der Waals surface area (Å²) in [5.74, 6) is -1.64. The van der Waals surface area contributed by atoms with Crippen LogP contribution in [0.15, 0.2) is 23.3 Å². The van der Waals surface area contributed by atoms with E-state index in [1.807, 2.05) is 6.92 Å². The van der Waals surface area contributed by atoms with Crippen molar-refractivity contribution < 1.29 is 13.2 Å². The van der Waals surface area contributed by atoms with Crippen LogP contribution in [0.4, 0.5) is 18.9 Å². The van der Waals surface area contributed by atoms with E-state index < -0.39 is 12.1 Å². The zero-order chi connectivity index (χ0) is 15.3. The van der Waals surface area contributed by atoms with Crippen molar-refractivity contribution in [1.29, 1.82) is 0 Å². The Morgan fingerprint density at radius 2 is 2.10 bits per heavy atom. The van der Waals surface area contributed by atoms with E-state index in [9.17, 15) is 13.2 Å². The van der Waals surface area contributed by atoms with Gasteiger partial charge < -0.3 is 5.32 Å². The molecule has 1 atom stereocenters. The van der Waals surface area contributed by atoms with Crippen molar-refractivity contribution in [1.82, 2.24) is 5.43 Å². The lowest BCUT2D eigenvalue weighted by Crippen LogP contribution is -2.26. The van der Waals surface area contributed by atoms with Gasteiger partial charge in [0.15, 0.2) is 5.11 Å². The van der Waals surface area contributed by atoms with Gasteiger partial charge in [-0.25, -0.2) is 0 Å². The van der Waals surface area contributed by atoms with E-state index in [0.717, 1.165) is 18.7 Å². The summed E-state index contributed by atoms with van der Waals surface area (Å²) in [5, 5.41) is 6.96. The van der Waals surface area contributed by atoms with E-state index in [1.165, 1.54) is 0 Å². The number of nitrogens with zero attached hydrogens (tertiary/aromatic N) is 1. The minimum atomic E-state index is -4.31. The van der Waals surface area contributed by atoms with Gasteiger partial charge in [0.25, 0.3) is 0 Å². The number of nitrogens with one attached hydrogen (secondary N) is 2. The second-order valence-electron chi connectivity index (χ2n) is 4.13. The molecule has 1 aromatic carbocycles. The largest absolute Gasteiger partial charge is 0.396 e. The first-order valence-electron chi connectivity index (χ1n) is 5.63. The third-order valence-electron chi connectivity index (χ3n) is 2.42. The topological polar surface area (TPSA) is 36.4 Å². The maximum atomic E-state index is 12.2. The lowest BCUT2D eigenvalue weighted by molar-refractivity contribution is -0.149. The monoisotopic (exact) mass is 323 g/mol. The molecule has 0 radical (unpaired) electrons. The Morgan fingerprint density at radius 3 is 2.65 bits per heavy atom. The molecule has 1 aromatic rings. The lowest BCUT2D eigenvalue weighted by atomic mass is 10.2. The Morgan fingerprint density at radius 1 is 1.45 bits per heavy atom. The minimum Gasteiger partial charge on any atom is -0.331 e. The van der Waals surface area contributed by atoms with Gasteiger partial charge in [-0.2, -0.15) is 18.3 Å². The third-order valence-corrected chi connectivity index (χ3v) is 2.85. The first-order chi connectivity index (χ1) is 9.20. The van der Waals surface area contributed by atoms with Gasteiger partial charge in [-0.1, -0.05) is 11.6 Å². The molecular weight excluding hydrogens is 311 g/mol. The zero-order valence-corrected chi connectivity index (χ0v) is 12.3. The average Bonchev–Trinajstić information content (AvgIpc) is 2.31. The van der Waals surface area contributed by atoms with Gasteiger partial charge in [-0.15, -0.1) is 0 Å². The van der Waals surface area contributed by atoms with Crippen LogP contribution in [0.1, 0.15) is 12.5 Å². The van der Waals surface area contributed by atoms with Crippen LogP contribution in [0.5, 0.6) is 0 Å². The van der Waals surface area contributed by atoms with E-state index in [4.69, 9.17) is 23.8 Å². The van der Waals surface area contributed by atoms with Crippen LogP contribution in [0.2, 0.25) is 5.02 Å². The average molecular weight is 324 g/mol. The maximum Gasteiger partial charge on any atom is 0.396 e. The fourth-order valence-corrected chi connectivity index (χ4v) is 1.60. The molecule has 2 N–H and O–H groups in total. The van der Waals surface area contributed by atoms with Gasteiger partial charge in [0, 0.05) is 16.9 Å². The molecule has 1 rings (SSSR count). The van der Waals surface area contributed by atoms with E-state index in [1.54, 1.807) is 18.2 Å². The summed E-state index contributed by atoms with van der Waals surface area (Å²) in [6.45, 7) is 2.83. The van der Waals surface area contributed by atoms with Crippen molar-refractivity contribution in [2.75, 3.05) is 5.32 Å². The molecule has 0 bridgehead atoms. The van der Waals surface area contributed by atoms with E-state index in [0.29, 0.717) is 10.7 Å². The summed E-state index contributed by atoms with van der Waals surface area (Å²) in [7, 11) is 0. The zero-order valence-electron chi connectivity index (χ0n) is 10.8. The van der Waals surface area contributed by atoms with Gasteiger partial charge in [0.05, 0.1) is 5.92 Å². The highest BCUT2D eigenvalue weighted by Crippen LogP contribution is 2.23. The Kier molecular flexibility index (Phi) is 5.76. The van der Waals surface area contributed by atoms with Crippen LogP contribution in [-0.2, 0) is 0 Å². The number of hydrogen-bond donors (Lipinski definition) is 2. The molecule has 8 heteroatoms. The number of benzene rings is 1. The quantitative estimate of drug-likeness (QED) is 0.499. The highest BCUT2D eigenvalue weighted by atomic mass is 35.5. The molecule has 0 saturated carbocycles. The first-order valence-corrected chi connectivity index (χ1v) is 6.42. The number of hydrazone groups is 1. The molecule has 0 heterocycles. The summed E-state index contributed by atoms with van der Waals surface area (Å²) in [4.78, 5) is 0. The van der Waals surface area contributed by atoms with Crippen LogP contribution in [0.25, 0.3) is 0 Å². The summed E-state index contributed by atoms with van der Waals surface area (Å²) in [5.41, 5.74) is 3.89. The fourth-order valence-electron chi connectivity index (χ4n) is 1.21. The Hall–Kier alpha value is -1.34. The summed E-state index contributed by atoms with van der Waals surface area (Å²) < 4.78 is 36.7. The number of thiocarbonyl (C=S) groups is 1. The Labute approximate surface area is 125 Å².